The van der Waals surface area contributed by atoms with E-state index in [0.29, 0.717) is 0 Å². The number of aromatic nitrogens is 1. The second-order valence-corrected chi connectivity index (χ2v) is 4.10. The molecule has 0 fully saturated rings. The second-order valence-electron chi connectivity index (χ2n) is 4.10. The van der Waals surface area contributed by atoms with Crippen molar-refractivity contribution in [1.29, 1.82) is 0 Å². The molecule has 15 heavy (non-hydrogen) atoms. The smallest absolute Gasteiger partial charge is 0.0482 e. The number of benzene rings is 1. The summed E-state index contributed by atoms with van der Waals surface area (Å²) in [5.74, 6) is 0. The fourth-order valence-electron chi connectivity index (χ4n) is 2.50. The van der Waals surface area contributed by atoms with Crippen LogP contribution in [0, 0.1) is 0 Å². The molecule has 0 N–H and O–H groups in total. The summed E-state index contributed by atoms with van der Waals surface area (Å²) in [4.78, 5) is 0. The molecule has 0 bridgehead atoms. The van der Waals surface area contributed by atoms with E-state index in [4.69, 9.17) is 0 Å². The van der Waals surface area contributed by atoms with Gasteiger partial charge in [0.1, 0.15) is 0 Å². The van der Waals surface area contributed by atoms with Gasteiger partial charge >= 0.3 is 0 Å². The minimum atomic E-state index is 1.13. The molecule has 0 saturated heterocycles. The van der Waals surface area contributed by atoms with E-state index in [1.54, 1.807) is 5.56 Å². The standard InChI is InChI=1S/C14H19N/c1-4-8-11-12-9-6-7-10-14(12)15(3)13(11)5-2/h6-7,9-10H,4-5,8H2,1-3H3. The molecule has 0 radical (unpaired) electrons. The van der Waals surface area contributed by atoms with Crippen molar-refractivity contribution in [3.8, 4) is 0 Å². The van der Waals surface area contributed by atoms with Crippen LogP contribution < -0.4 is 0 Å². The zero-order chi connectivity index (χ0) is 10.8. The van der Waals surface area contributed by atoms with E-state index < -0.39 is 0 Å². The zero-order valence-corrected chi connectivity index (χ0v) is 9.88. The van der Waals surface area contributed by atoms with Crippen molar-refractivity contribution in [3.63, 3.8) is 0 Å². The molecule has 2 aromatic rings. The van der Waals surface area contributed by atoms with Crippen LogP contribution in [0.1, 0.15) is 31.5 Å². The number of aryl methyl sites for hydroxylation is 2. The molecule has 0 unspecified atom stereocenters. The summed E-state index contributed by atoms with van der Waals surface area (Å²) in [5, 5.41) is 1.44. The van der Waals surface area contributed by atoms with E-state index in [2.05, 4.69) is 49.7 Å². The van der Waals surface area contributed by atoms with Gasteiger partial charge in [0.2, 0.25) is 0 Å². The van der Waals surface area contributed by atoms with Gasteiger partial charge in [-0.1, -0.05) is 38.5 Å². The average molecular weight is 201 g/mol. The van der Waals surface area contributed by atoms with Gasteiger partial charge in [-0.25, -0.2) is 0 Å². The third kappa shape index (κ3) is 1.56. The topological polar surface area (TPSA) is 4.93 Å². The number of hydrogen-bond acceptors (Lipinski definition) is 0. The Balaban J connectivity index is 2.73. The van der Waals surface area contributed by atoms with Gasteiger partial charge < -0.3 is 4.57 Å². The monoisotopic (exact) mass is 201 g/mol. The number of hydrogen-bond donors (Lipinski definition) is 0. The van der Waals surface area contributed by atoms with Gasteiger partial charge in [0, 0.05) is 23.6 Å². The third-order valence-electron chi connectivity index (χ3n) is 3.18. The lowest BCUT2D eigenvalue weighted by molar-refractivity contribution is 0.826. The lowest BCUT2D eigenvalue weighted by Crippen LogP contribution is -1.97. The quantitative estimate of drug-likeness (QED) is 0.713. The highest BCUT2D eigenvalue weighted by Crippen LogP contribution is 2.26. The third-order valence-corrected chi connectivity index (χ3v) is 3.18. The van der Waals surface area contributed by atoms with Crippen LogP contribution >= 0.6 is 0 Å². The minimum Gasteiger partial charge on any atom is -0.347 e. The van der Waals surface area contributed by atoms with Crippen LogP contribution in [-0.2, 0) is 19.9 Å². The van der Waals surface area contributed by atoms with Crippen LogP contribution in [0.2, 0.25) is 0 Å². The second kappa shape index (κ2) is 4.09. The number of para-hydroxylation sites is 1. The highest BCUT2D eigenvalue weighted by molar-refractivity contribution is 5.85. The summed E-state index contributed by atoms with van der Waals surface area (Å²) in [6.07, 6.45) is 3.55. The zero-order valence-electron chi connectivity index (χ0n) is 9.88. The maximum absolute atomic E-state index is 2.35. The van der Waals surface area contributed by atoms with Gasteiger partial charge in [0.15, 0.2) is 0 Å². The fraction of sp³-hybridized carbons (Fsp3) is 0.429. The lowest BCUT2D eigenvalue weighted by atomic mass is 10.1. The SMILES string of the molecule is CCCc1c(CC)n(C)c2ccccc12. The molecule has 0 aliphatic rings. The molecule has 1 aromatic heterocycles. The normalized spacial score (nSPS) is 11.1. The van der Waals surface area contributed by atoms with Crippen LogP contribution in [0.25, 0.3) is 10.9 Å². The van der Waals surface area contributed by atoms with Crippen LogP contribution in [0.15, 0.2) is 24.3 Å². The Morgan fingerprint density at radius 2 is 1.87 bits per heavy atom. The number of fused-ring (bicyclic) bond motifs is 1. The molecule has 0 saturated carbocycles. The summed E-state index contributed by atoms with van der Waals surface area (Å²) in [6, 6.07) is 8.73. The van der Waals surface area contributed by atoms with Gasteiger partial charge in [-0.3, -0.25) is 0 Å². The number of rotatable bonds is 3. The Morgan fingerprint density at radius 3 is 2.53 bits per heavy atom. The molecule has 1 nitrogen and oxygen atoms in total. The number of nitrogens with zero attached hydrogens (tertiary/aromatic N) is 1. The Bertz CT molecular complexity index is 465. The highest BCUT2D eigenvalue weighted by atomic mass is 14.9. The molecule has 1 heterocycles. The summed E-state index contributed by atoms with van der Waals surface area (Å²) in [7, 11) is 2.18. The van der Waals surface area contributed by atoms with Crippen molar-refractivity contribution in [3.05, 3.63) is 35.5 Å². The molecule has 1 aromatic carbocycles. The van der Waals surface area contributed by atoms with Crippen molar-refractivity contribution in [1.82, 2.24) is 4.57 Å². The summed E-state index contributed by atoms with van der Waals surface area (Å²) < 4.78 is 2.35. The summed E-state index contributed by atoms with van der Waals surface area (Å²) in [6.45, 7) is 4.49. The molecule has 2 rings (SSSR count). The molecule has 0 aliphatic carbocycles. The van der Waals surface area contributed by atoms with Crippen molar-refractivity contribution in [2.75, 3.05) is 0 Å². The largest absolute Gasteiger partial charge is 0.347 e. The molecular formula is C14H19N. The maximum atomic E-state index is 2.35. The van der Waals surface area contributed by atoms with Crippen LogP contribution in [0.5, 0.6) is 0 Å². The van der Waals surface area contributed by atoms with E-state index in [1.807, 2.05) is 0 Å². The van der Waals surface area contributed by atoms with Crippen LogP contribution in [-0.4, -0.2) is 4.57 Å². The average Bonchev–Trinajstić information content (AvgIpc) is 2.54. The van der Waals surface area contributed by atoms with Crippen LogP contribution in [0.4, 0.5) is 0 Å². The van der Waals surface area contributed by atoms with Crippen molar-refractivity contribution in [2.24, 2.45) is 7.05 Å². The molecule has 80 valence electrons. The van der Waals surface area contributed by atoms with E-state index in [9.17, 15) is 0 Å². The Kier molecular flexibility index (Phi) is 2.81. The van der Waals surface area contributed by atoms with Crippen molar-refractivity contribution in [2.45, 2.75) is 33.1 Å². The first-order valence-electron chi connectivity index (χ1n) is 5.84. The van der Waals surface area contributed by atoms with Gasteiger partial charge in [-0.2, -0.15) is 0 Å². The van der Waals surface area contributed by atoms with Crippen LogP contribution in [0.3, 0.4) is 0 Å². The van der Waals surface area contributed by atoms with E-state index in [0.717, 1.165) is 6.42 Å². The molecule has 0 spiro atoms. The first kappa shape index (κ1) is 10.3. The van der Waals surface area contributed by atoms with Gasteiger partial charge in [-0.05, 0) is 24.5 Å². The summed E-state index contributed by atoms with van der Waals surface area (Å²) in [5.41, 5.74) is 4.42. The first-order chi connectivity index (χ1) is 7.29. The molecule has 1 heteroatoms. The predicted octanol–water partition coefficient (Wildman–Crippen LogP) is 3.69. The maximum Gasteiger partial charge on any atom is 0.0482 e. The van der Waals surface area contributed by atoms with E-state index in [1.165, 1.54) is 29.4 Å². The van der Waals surface area contributed by atoms with E-state index in [-0.39, 0.29) is 0 Å². The molecule has 0 atom stereocenters. The van der Waals surface area contributed by atoms with Gasteiger partial charge in [0.25, 0.3) is 0 Å². The van der Waals surface area contributed by atoms with Gasteiger partial charge in [0.05, 0.1) is 0 Å². The van der Waals surface area contributed by atoms with Gasteiger partial charge in [-0.15, -0.1) is 0 Å². The highest BCUT2D eigenvalue weighted by Gasteiger charge is 2.11. The fourth-order valence-corrected chi connectivity index (χ4v) is 2.50. The predicted molar refractivity (Wildman–Crippen MR) is 66.3 cm³/mol. The van der Waals surface area contributed by atoms with E-state index >= 15 is 0 Å². The Morgan fingerprint density at radius 1 is 1.13 bits per heavy atom. The molecule has 0 amide bonds. The Labute approximate surface area is 91.7 Å². The molecule has 0 aliphatic heterocycles. The van der Waals surface area contributed by atoms with Crippen molar-refractivity contribution < 1.29 is 0 Å². The first-order valence-corrected chi connectivity index (χ1v) is 5.84. The minimum absolute atomic E-state index is 1.13. The summed E-state index contributed by atoms with van der Waals surface area (Å²) >= 11 is 0. The lowest BCUT2D eigenvalue weighted by Gasteiger charge is -2.03. The Hall–Kier alpha value is -1.24. The molecular weight excluding hydrogens is 182 g/mol. The van der Waals surface area contributed by atoms with Crippen molar-refractivity contribution >= 4 is 10.9 Å².